The normalized spacial score (nSPS) is 9.76. The topological polar surface area (TPSA) is 55.6 Å². The number of nitrogens with two attached hydrogens (primary N) is 1. The SMILES string of the molecule is CCOC(=O)CN(C)c1ccccc1C(N)=S. The number of nitrogens with zero attached hydrogens (tertiary/aromatic N) is 1. The fourth-order valence-electron chi connectivity index (χ4n) is 1.50. The van der Waals surface area contributed by atoms with Crippen molar-refractivity contribution in [2.24, 2.45) is 5.73 Å². The van der Waals surface area contributed by atoms with Crippen molar-refractivity contribution in [3.05, 3.63) is 29.8 Å². The van der Waals surface area contributed by atoms with Crippen molar-refractivity contribution in [2.75, 3.05) is 25.1 Å². The van der Waals surface area contributed by atoms with E-state index < -0.39 is 0 Å². The maximum Gasteiger partial charge on any atom is 0.325 e. The Morgan fingerprint density at radius 3 is 2.71 bits per heavy atom. The van der Waals surface area contributed by atoms with Gasteiger partial charge in [-0.05, 0) is 19.1 Å². The van der Waals surface area contributed by atoms with Crippen LogP contribution in [-0.4, -0.2) is 31.2 Å². The van der Waals surface area contributed by atoms with E-state index in [1.54, 1.807) is 18.9 Å². The second kappa shape index (κ2) is 6.20. The fourth-order valence-corrected chi connectivity index (χ4v) is 1.67. The highest BCUT2D eigenvalue weighted by atomic mass is 32.1. The minimum absolute atomic E-state index is 0.174. The van der Waals surface area contributed by atoms with Crippen LogP contribution in [0.4, 0.5) is 5.69 Å². The lowest BCUT2D eigenvalue weighted by atomic mass is 10.1. The zero-order valence-corrected chi connectivity index (χ0v) is 10.8. The molecule has 0 aliphatic rings. The van der Waals surface area contributed by atoms with Crippen molar-refractivity contribution in [3.8, 4) is 0 Å². The summed E-state index contributed by atoms with van der Waals surface area (Å²) in [6, 6.07) is 7.43. The maximum absolute atomic E-state index is 11.4. The molecule has 1 aromatic carbocycles. The Kier molecular flexibility index (Phi) is 4.90. The number of para-hydroxylation sites is 1. The number of hydrogen-bond acceptors (Lipinski definition) is 4. The molecular formula is C12H16N2O2S. The zero-order valence-electron chi connectivity index (χ0n) is 9.97. The summed E-state index contributed by atoms with van der Waals surface area (Å²) in [5.41, 5.74) is 7.22. The van der Waals surface area contributed by atoms with Crippen LogP contribution in [0.5, 0.6) is 0 Å². The van der Waals surface area contributed by atoms with Crippen LogP contribution >= 0.6 is 12.2 Å². The van der Waals surface area contributed by atoms with Gasteiger partial charge in [-0.25, -0.2) is 0 Å². The number of ether oxygens (including phenoxy) is 1. The predicted molar refractivity (Wildman–Crippen MR) is 72.2 cm³/mol. The maximum atomic E-state index is 11.4. The second-order valence-electron chi connectivity index (χ2n) is 3.54. The second-order valence-corrected chi connectivity index (χ2v) is 3.98. The quantitative estimate of drug-likeness (QED) is 0.632. The number of esters is 1. The molecule has 1 aromatic rings. The first kappa shape index (κ1) is 13.4. The van der Waals surface area contributed by atoms with E-state index in [0.29, 0.717) is 11.6 Å². The summed E-state index contributed by atoms with van der Waals surface area (Å²) in [5, 5.41) is 0. The Hall–Kier alpha value is -1.62. The van der Waals surface area contributed by atoms with Gasteiger partial charge in [-0.1, -0.05) is 24.4 Å². The number of hydrogen-bond donors (Lipinski definition) is 1. The molecule has 0 bridgehead atoms. The molecule has 0 saturated heterocycles. The lowest BCUT2D eigenvalue weighted by molar-refractivity contribution is -0.141. The first-order valence-corrected chi connectivity index (χ1v) is 5.72. The van der Waals surface area contributed by atoms with Crippen molar-refractivity contribution in [1.29, 1.82) is 0 Å². The average molecular weight is 252 g/mol. The van der Waals surface area contributed by atoms with Gasteiger partial charge in [0.1, 0.15) is 11.5 Å². The van der Waals surface area contributed by atoms with Crippen LogP contribution < -0.4 is 10.6 Å². The summed E-state index contributed by atoms with van der Waals surface area (Å²) in [7, 11) is 1.80. The molecule has 0 amide bonds. The minimum atomic E-state index is -0.271. The van der Waals surface area contributed by atoms with Crippen molar-refractivity contribution < 1.29 is 9.53 Å². The standard InChI is InChI=1S/C12H16N2O2S/c1-3-16-11(15)8-14(2)10-7-5-4-6-9(10)12(13)17/h4-7H,3,8H2,1-2H3,(H2,13,17). The summed E-state index contributed by atoms with van der Waals surface area (Å²) >= 11 is 4.97. The van der Waals surface area contributed by atoms with Gasteiger partial charge in [-0.3, -0.25) is 4.79 Å². The molecule has 5 heteroatoms. The van der Waals surface area contributed by atoms with Crippen LogP contribution in [0, 0.1) is 0 Å². The number of likely N-dealkylation sites (N-methyl/N-ethyl adjacent to an activating group) is 1. The minimum Gasteiger partial charge on any atom is -0.465 e. The molecule has 0 saturated carbocycles. The number of carbonyl (C=O) groups excluding carboxylic acids is 1. The average Bonchev–Trinajstić information content (AvgIpc) is 2.29. The summed E-state index contributed by atoms with van der Waals surface area (Å²) in [5.74, 6) is -0.271. The molecule has 0 aromatic heterocycles. The highest BCUT2D eigenvalue weighted by Crippen LogP contribution is 2.18. The summed E-state index contributed by atoms with van der Waals surface area (Å²) in [6.45, 7) is 2.33. The highest BCUT2D eigenvalue weighted by Gasteiger charge is 2.12. The molecule has 0 aliphatic carbocycles. The van der Waals surface area contributed by atoms with E-state index in [4.69, 9.17) is 22.7 Å². The third kappa shape index (κ3) is 3.71. The number of carbonyl (C=O) groups is 1. The summed E-state index contributed by atoms with van der Waals surface area (Å²) in [4.78, 5) is 13.5. The number of rotatable bonds is 5. The molecule has 1 rings (SSSR count). The van der Waals surface area contributed by atoms with E-state index in [-0.39, 0.29) is 12.5 Å². The van der Waals surface area contributed by atoms with Crippen LogP contribution in [0.15, 0.2) is 24.3 Å². The molecule has 0 aliphatic heterocycles. The van der Waals surface area contributed by atoms with Crippen LogP contribution in [0.3, 0.4) is 0 Å². The fraction of sp³-hybridized carbons (Fsp3) is 0.333. The van der Waals surface area contributed by atoms with Gasteiger partial charge in [-0.2, -0.15) is 0 Å². The lowest BCUT2D eigenvalue weighted by Crippen LogP contribution is -2.29. The van der Waals surface area contributed by atoms with Crippen molar-refractivity contribution in [2.45, 2.75) is 6.92 Å². The van der Waals surface area contributed by atoms with Gasteiger partial charge in [0.15, 0.2) is 0 Å². The third-order valence-corrected chi connectivity index (χ3v) is 2.47. The molecule has 17 heavy (non-hydrogen) atoms. The van der Waals surface area contributed by atoms with E-state index in [2.05, 4.69) is 0 Å². The smallest absolute Gasteiger partial charge is 0.325 e. The Morgan fingerprint density at radius 1 is 1.47 bits per heavy atom. The first-order valence-electron chi connectivity index (χ1n) is 5.31. The third-order valence-electron chi connectivity index (χ3n) is 2.25. The van der Waals surface area contributed by atoms with Crippen LogP contribution in [0.1, 0.15) is 12.5 Å². The van der Waals surface area contributed by atoms with Crippen LogP contribution in [0.2, 0.25) is 0 Å². The molecule has 0 heterocycles. The Balaban J connectivity index is 2.85. The van der Waals surface area contributed by atoms with E-state index in [1.807, 2.05) is 24.3 Å². The molecule has 92 valence electrons. The molecule has 0 radical (unpaired) electrons. The lowest BCUT2D eigenvalue weighted by Gasteiger charge is -2.20. The van der Waals surface area contributed by atoms with Crippen molar-refractivity contribution in [1.82, 2.24) is 0 Å². The van der Waals surface area contributed by atoms with E-state index in [0.717, 1.165) is 11.3 Å². The molecular weight excluding hydrogens is 236 g/mol. The predicted octanol–water partition coefficient (Wildman–Crippen LogP) is 1.32. The number of anilines is 1. The number of benzene rings is 1. The molecule has 4 nitrogen and oxygen atoms in total. The molecule has 0 fully saturated rings. The molecule has 2 N–H and O–H groups in total. The monoisotopic (exact) mass is 252 g/mol. The highest BCUT2D eigenvalue weighted by molar-refractivity contribution is 7.80. The van der Waals surface area contributed by atoms with E-state index in [9.17, 15) is 4.79 Å². The Bertz CT molecular complexity index is 421. The Labute approximate surface area is 106 Å². The van der Waals surface area contributed by atoms with Gasteiger partial charge >= 0.3 is 5.97 Å². The van der Waals surface area contributed by atoms with Gasteiger partial charge < -0.3 is 15.4 Å². The number of thiocarbonyl (C=S) groups is 1. The van der Waals surface area contributed by atoms with Gasteiger partial charge in [0, 0.05) is 18.3 Å². The van der Waals surface area contributed by atoms with E-state index >= 15 is 0 Å². The summed E-state index contributed by atoms with van der Waals surface area (Å²) < 4.78 is 4.89. The van der Waals surface area contributed by atoms with Gasteiger partial charge in [0.05, 0.1) is 6.61 Å². The molecule has 0 atom stereocenters. The largest absolute Gasteiger partial charge is 0.465 e. The van der Waals surface area contributed by atoms with Gasteiger partial charge in [0.25, 0.3) is 0 Å². The van der Waals surface area contributed by atoms with Gasteiger partial charge in [0.2, 0.25) is 0 Å². The van der Waals surface area contributed by atoms with Crippen molar-refractivity contribution >= 4 is 28.9 Å². The first-order chi connectivity index (χ1) is 8.06. The van der Waals surface area contributed by atoms with E-state index in [1.165, 1.54) is 0 Å². The zero-order chi connectivity index (χ0) is 12.8. The summed E-state index contributed by atoms with van der Waals surface area (Å²) in [6.07, 6.45) is 0. The molecule has 0 unspecified atom stereocenters. The van der Waals surface area contributed by atoms with Crippen molar-refractivity contribution in [3.63, 3.8) is 0 Å². The van der Waals surface area contributed by atoms with Crippen LogP contribution in [0.25, 0.3) is 0 Å². The van der Waals surface area contributed by atoms with Gasteiger partial charge in [-0.15, -0.1) is 0 Å². The Morgan fingerprint density at radius 2 is 2.12 bits per heavy atom. The molecule has 0 spiro atoms. The van der Waals surface area contributed by atoms with Crippen LogP contribution in [-0.2, 0) is 9.53 Å².